The van der Waals surface area contributed by atoms with Crippen LogP contribution < -0.4 is 10.2 Å². The molecule has 2 fully saturated rings. The van der Waals surface area contributed by atoms with Gasteiger partial charge in [0, 0.05) is 36.8 Å². The molecule has 3 heterocycles. The maximum Gasteiger partial charge on any atom is 0.228 e. The Kier molecular flexibility index (Phi) is 5.73. The fraction of sp³-hybridized carbons (Fsp3) is 0.565. The fourth-order valence-corrected chi connectivity index (χ4v) is 5.30. The predicted octanol–water partition coefficient (Wildman–Crippen LogP) is 4.10. The van der Waals surface area contributed by atoms with Crippen LogP contribution in [0.2, 0.25) is 0 Å². The van der Waals surface area contributed by atoms with Crippen LogP contribution in [-0.2, 0) is 11.2 Å². The van der Waals surface area contributed by atoms with Crippen LogP contribution in [-0.4, -0.2) is 45.3 Å². The van der Waals surface area contributed by atoms with E-state index in [4.69, 9.17) is 0 Å². The molecule has 1 amide bonds. The predicted molar refractivity (Wildman–Crippen MR) is 122 cm³/mol. The van der Waals surface area contributed by atoms with Crippen LogP contribution in [0.3, 0.4) is 0 Å². The van der Waals surface area contributed by atoms with Crippen LogP contribution in [0.5, 0.6) is 0 Å². The third-order valence-electron chi connectivity index (χ3n) is 6.51. The zero-order valence-electron chi connectivity index (χ0n) is 18.0. The zero-order chi connectivity index (χ0) is 21.4. The molecule has 7 nitrogen and oxygen atoms in total. The van der Waals surface area contributed by atoms with Gasteiger partial charge in [-0.2, -0.15) is 0 Å². The number of fused-ring (bicyclic) bond motifs is 1. The molecule has 164 valence electrons. The number of nitrogens with zero attached hydrogens (tertiary/aromatic N) is 4. The molecule has 31 heavy (non-hydrogen) atoms. The number of benzene rings is 1. The van der Waals surface area contributed by atoms with Crippen molar-refractivity contribution in [2.45, 2.75) is 63.1 Å². The van der Waals surface area contributed by atoms with E-state index >= 15 is 0 Å². The summed E-state index contributed by atoms with van der Waals surface area (Å²) in [6, 6.07) is 6.09. The van der Waals surface area contributed by atoms with Crippen LogP contribution in [0, 0.1) is 5.92 Å². The van der Waals surface area contributed by atoms with Crippen molar-refractivity contribution in [2.75, 3.05) is 29.1 Å². The van der Waals surface area contributed by atoms with E-state index in [1.807, 2.05) is 18.2 Å². The smallest absolute Gasteiger partial charge is 0.228 e. The second-order valence-electron chi connectivity index (χ2n) is 9.04. The number of amides is 1. The second kappa shape index (κ2) is 8.65. The highest BCUT2D eigenvalue weighted by Crippen LogP contribution is 2.41. The van der Waals surface area contributed by atoms with Crippen LogP contribution >= 0.6 is 11.8 Å². The Labute approximate surface area is 187 Å². The Morgan fingerprint density at radius 1 is 1.16 bits per heavy atom. The molecule has 8 heteroatoms. The first-order valence-electron chi connectivity index (χ1n) is 11.4. The molecule has 1 saturated carbocycles. The molecule has 0 atom stereocenters. The molecular formula is C23H29N5O2S. The van der Waals surface area contributed by atoms with Crippen LogP contribution in [0.4, 0.5) is 11.6 Å². The van der Waals surface area contributed by atoms with Gasteiger partial charge in [0.1, 0.15) is 0 Å². The molecule has 1 aromatic carbocycles. The van der Waals surface area contributed by atoms with Gasteiger partial charge in [-0.3, -0.25) is 14.2 Å². The zero-order valence-corrected chi connectivity index (χ0v) is 18.8. The van der Waals surface area contributed by atoms with Gasteiger partial charge in [-0.1, -0.05) is 18.7 Å². The number of aromatic nitrogens is 3. The maximum absolute atomic E-state index is 12.9. The van der Waals surface area contributed by atoms with Gasteiger partial charge in [0.2, 0.25) is 11.9 Å². The average molecular weight is 440 g/mol. The highest BCUT2D eigenvalue weighted by Gasteiger charge is 2.32. The molecule has 0 unspecified atom stereocenters. The Morgan fingerprint density at radius 3 is 2.74 bits per heavy atom. The van der Waals surface area contributed by atoms with E-state index in [2.05, 4.69) is 31.9 Å². The number of nitrogens with one attached hydrogen (secondary N) is 1. The first kappa shape index (κ1) is 20.5. The normalized spacial score (nSPS) is 19.6. The van der Waals surface area contributed by atoms with Gasteiger partial charge in [-0.25, -0.2) is 0 Å². The topological polar surface area (TPSA) is 80.1 Å². The van der Waals surface area contributed by atoms with Gasteiger partial charge in [0.25, 0.3) is 0 Å². The van der Waals surface area contributed by atoms with Crippen molar-refractivity contribution >= 4 is 35.1 Å². The molecule has 3 aliphatic rings. The summed E-state index contributed by atoms with van der Waals surface area (Å²) >= 11 is 1.49. The minimum absolute atomic E-state index is 0.0479. The van der Waals surface area contributed by atoms with Crippen LogP contribution in [0.1, 0.15) is 67.4 Å². The number of carbonyl (C=O) groups excluding carboxylic acids is 2. The number of Topliss-reactive ketones (excluding diaryl/α,β-unsaturated/α-hetero) is 1. The summed E-state index contributed by atoms with van der Waals surface area (Å²) in [5, 5.41) is 12.8. The van der Waals surface area contributed by atoms with Crippen molar-refractivity contribution in [1.82, 2.24) is 14.8 Å². The summed E-state index contributed by atoms with van der Waals surface area (Å²) in [5.41, 5.74) is 2.58. The van der Waals surface area contributed by atoms with Crippen molar-refractivity contribution in [1.29, 1.82) is 0 Å². The number of ketones is 1. The minimum Gasteiger partial charge on any atom is -0.341 e. The van der Waals surface area contributed by atoms with E-state index in [-0.39, 0.29) is 11.7 Å². The van der Waals surface area contributed by atoms with E-state index in [9.17, 15) is 9.59 Å². The lowest BCUT2D eigenvalue weighted by Gasteiger charge is -2.31. The van der Waals surface area contributed by atoms with E-state index in [1.165, 1.54) is 24.6 Å². The monoisotopic (exact) mass is 439 g/mol. The van der Waals surface area contributed by atoms with Gasteiger partial charge in [0.05, 0.1) is 5.75 Å². The van der Waals surface area contributed by atoms with Crippen molar-refractivity contribution in [3.8, 4) is 0 Å². The van der Waals surface area contributed by atoms with Gasteiger partial charge < -0.3 is 10.2 Å². The lowest BCUT2D eigenvalue weighted by atomic mass is 10.00. The number of thioether (sulfide) groups is 1. The van der Waals surface area contributed by atoms with Crippen LogP contribution in [0.25, 0.3) is 0 Å². The van der Waals surface area contributed by atoms with E-state index in [0.717, 1.165) is 67.0 Å². The fourth-order valence-electron chi connectivity index (χ4n) is 4.41. The molecule has 1 N–H and O–H groups in total. The number of hydrogen-bond acceptors (Lipinski definition) is 6. The molecule has 1 saturated heterocycles. The molecule has 1 aromatic heterocycles. The number of rotatable bonds is 6. The number of aryl methyl sites for hydroxylation is 1. The lowest BCUT2D eigenvalue weighted by molar-refractivity contribution is -0.116. The first-order chi connectivity index (χ1) is 15.1. The Hall–Kier alpha value is -2.35. The molecule has 0 bridgehead atoms. The number of hydrogen-bond donors (Lipinski definition) is 1. The van der Waals surface area contributed by atoms with Gasteiger partial charge >= 0.3 is 0 Å². The summed E-state index contributed by atoms with van der Waals surface area (Å²) in [4.78, 5) is 27.0. The molecule has 0 spiro atoms. The second-order valence-corrected chi connectivity index (χ2v) is 9.98. The standard InChI is InChI=1S/C23H29N5O2S/c1-15-9-11-27(12-10-15)22-25-26-23(28(22)18-6-7-18)31-14-20(29)17-5-8-19-16(13-17)3-2-4-21(30)24-19/h5,8,13,15,18H,2-4,6-7,9-12,14H2,1H3,(H,24,30). The average Bonchev–Trinajstić information content (AvgIpc) is 3.55. The highest BCUT2D eigenvalue weighted by atomic mass is 32.2. The SMILES string of the molecule is CC1CCN(c2nnc(SCC(=O)c3ccc4c(c3)CCCC(=O)N4)n2C2CC2)CC1. The quantitative estimate of drug-likeness (QED) is 0.539. The Balaban J connectivity index is 1.28. The summed E-state index contributed by atoms with van der Waals surface area (Å²) in [6.07, 6.45) is 6.86. The first-order valence-corrected chi connectivity index (χ1v) is 12.4. The van der Waals surface area contributed by atoms with Gasteiger partial charge in [-0.05, 0) is 68.2 Å². The Bertz CT molecular complexity index is 992. The van der Waals surface area contributed by atoms with E-state index in [0.29, 0.717) is 23.8 Å². The third kappa shape index (κ3) is 4.49. The molecule has 2 aliphatic heterocycles. The molecule has 0 radical (unpaired) electrons. The maximum atomic E-state index is 12.9. The van der Waals surface area contributed by atoms with Crippen LogP contribution in [0.15, 0.2) is 23.4 Å². The third-order valence-corrected chi connectivity index (χ3v) is 7.45. The summed E-state index contributed by atoms with van der Waals surface area (Å²) < 4.78 is 2.26. The molecule has 1 aliphatic carbocycles. The van der Waals surface area contributed by atoms with Crippen molar-refractivity contribution in [3.63, 3.8) is 0 Å². The van der Waals surface area contributed by atoms with Gasteiger partial charge in [0.15, 0.2) is 10.9 Å². The largest absolute Gasteiger partial charge is 0.341 e. The number of carbonyl (C=O) groups is 2. The van der Waals surface area contributed by atoms with Crippen molar-refractivity contribution < 1.29 is 9.59 Å². The van der Waals surface area contributed by atoms with Gasteiger partial charge in [-0.15, -0.1) is 10.2 Å². The number of anilines is 2. The summed E-state index contributed by atoms with van der Waals surface area (Å²) in [6.45, 7) is 4.37. The molecule has 2 aromatic rings. The Morgan fingerprint density at radius 2 is 1.97 bits per heavy atom. The van der Waals surface area contributed by atoms with E-state index in [1.54, 1.807) is 0 Å². The lowest BCUT2D eigenvalue weighted by Crippen LogP contribution is -2.34. The summed E-state index contributed by atoms with van der Waals surface area (Å²) in [7, 11) is 0. The van der Waals surface area contributed by atoms with Crippen molar-refractivity contribution in [3.05, 3.63) is 29.3 Å². The summed E-state index contributed by atoms with van der Waals surface area (Å²) in [5.74, 6) is 2.22. The number of piperidine rings is 1. The van der Waals surface area contributed by atoms with Crippen molar-refractivity contribution in [2.24, 2.45) is 5.92 Å². The highest BCUT2D eigenvalue weighted by molar-refractivity contribution is 7.99. The molecular weight excluding hydrogens is 410 g/mol. The minimum atomic E-state index is 0.0479. The molecule has 5 rings (SSSR count). The van der Waals surface area contributed by atoms with E-state index < -0.39 is 0 Å².